The zero-order valence-electron chi connectivity index (χ0n) is 19.5. The topological polar surface area (TPSA) is 97.7 Å². The third kappa shape index (κ3) is 5.08. The number of methoxy groups -OCH3 is 1. The molecule has 1 amide bonds. The van der Waals surface area contributed by atoms with Crippen molar-refractivity contribution in [1.29, 1.82) is 0 Å². The van der Waals surface area contributed by atoms with Gasteiger partial charge in [0.05, 0.1) is 27.9 Å². The molecule has 0 unspecified atom stereocenters. The van der Waals surface area contributed by atoms with Crippen molar-refractivity contribution in [2.45, 2.75) is 24.8 Å². The normalized spacial score (nSPS) is 11.5. The molecule has 3 aromatic carbocycles. The predicted octanol–water partition coefficient (Wildman–Crippen LogP) is 4.49. The first-order valence-corrected chi connectivity index (χ1v) is 13.1. The van der Waals surface area contributed by atoms with Crippen LogP contribution in [0.25, 0.3) is 10.2 Å². The molecule has 0 saturated heterocycles. The number of carbonyl (C=O) groups excluding carboxylic acids is 1. The molecule has 1 aromatic heterocycles. The van der Waals surface area contributed by atoms with Crippen LogP contribution in [0.5, 0.6) is 5.75 Å². The molecule has 0 fully saturated rings. The summed E-state index contributed by atoms with van der Waals surface area (Å²) in [5.41, 5.74) is 1.56. The molecule has 4 rings (SSSR count). The maximum atomic E-state index is 13.5. The summed E-state index contributed by atoms with van der Waals surface area (Å²) in [5, 5.41) is 2.76. The van der Waals surface area contributed by atoms with Gasteiger partial charge < -0.3 is 10.1 Å². The highest BCUT2D eigenvalue weighted by molar-refractivity contribution is 7.92. The Labute approximate surface area is 207 Å². The second-order valence-corrected chi connectivity index (χ2v) is 10.9. The second-order valence-electron chi connectivity index (χ2n) is 8.09. The average molecular weight is 512 g/mol. The van der Waals surface area contributed by atoms with Crippen LogP contribution in [-0.4, -0.2) is 32.5 Å². The molecule has 0 bridgehead atoms. The third-order valence-corrected chi connectivity index (χ3v) is 8.08. The number of aromatic nitrogens is 1. The first-order valence-electron chi connectivity index (χ1n) is 10.9. The Kier molecular flexibility index (Phi) is 6.95. The summed E-state index contributed by atoms with van der Waals surface area (Å²) in [5.74, 6) is -0.0616. The second kappa shape index (κ2) is 9.93. The van der Waals surface area contributed by atoms with Gasteiger partial charge in [0.25, 0.3) is 10.0 Å². The van der Waals surface area contributed by atoms with Gasteiger partial charge in [0.15, 0.2) is 0 Å². The first-order chi connectivity index (χ1) is 16.7. The molecule has 0 spiro atoms. The average Bonchev–Trinajstić information content (AvgIpc) is 3.18. The van der Waals surface area contributed by atoms with Gasteiger partial charge in [-0.15, -0.1) is 0 Å². The van der Waals surface area contributed by atoms with E-state index in [0.717, 1.165) is 25.9 Å². The van der Waals surface area contributed by atoms with Gasteiger partial charge in [0, 0.05) is 17.8 Å². The number of carbonyl (C=O) groups is 1. The lowest BCUT2D eigenvalue weighted by atomic mass is 10.2. The van der Waals surface area contributed by atoms with Crippen molar-refractivity contribution < 1.29 is 17.9 Å². The number of ether oxygens (including phenoxy) is 1. The van der Waals surface area contributed by atoms with E-state index < -0.39 is 22.5 Å². The summed E-state index contributed by atoms with van der Waals surface area (Å²) < 4.78 is 35.7. The largest absolute Gasteiger partial charge is 0.497 e. The van der Waals surface area contributed by atoms with Crippen molar-refractivity contribution in [3.8, 4) is 5.75 Å². The van der Waals surface area contributed by atoms with Crippen LogP contribution in [-0.2, 0) is 14.8 Å². The SMILES string of the molecule is COc1cccc(N(CC(=O)Nc2ccc3c(c2)sc(=O)n3C(C)C)S(=O)(=O)c2ccccc2)c1. The molecule has 0 saturated carbocycles. The van der Waals surface area contributed by atoms with E-state index in [-0.39, 0.29) is 15.8 Å². The Balaban J connectivity index is 1.65. The fourth-order valence-corrected chi connectivity index (χ4v) is 6.22. The minimum absolute atomic E-state index is 0.0105. The van der Waals surface area contributed by atoms with Gasteiger partial charge in [0.2, 0.25) is 5.91 Å². The zero-order chi connectivity index (χ0) is 25.2. The van der Waals surface area contributed by atoms with Gasteiger partial charge in [-0.2, -0.15) is 0 Å². The highest BCUT2D eigenvalue weighted by Gasteiger charge is 2.27. The lowest BCUT2D eigenvalue weighted by molar-refractivity contribution is -0.114. The highest BCUT2D eigenvalue weighted by atomic mass is 32.2. The summed E-state index contributed by atoms with van der Waals surface area (Å²) in [6.07, 6.45) is 0. The van der Waals surface area contributed by atoms with Crippen LogP contribution in [0, 0.1) is 0 Å². The number of benzene rings is 3. The number of anilines is 2. The van der Waals surface area contributed by atoms with E-state index in [0.29, 0.717) is 17.1 Å². The molecule has 182 valence electrons. The van der Waals surface area contributed by atoms with Gasteiger partial charge in [-0.1, -0.05) is 35.6 Å². The molecule has 0 aliphatic rings. The number of amides is 1. The van der Waals surface area contributed by atoms with Crippen molar-refractivity contribution >= 4 is 48.9 Å². The van der Waals surface area contributed by atoms with Crippen LogP contribution in [0.15, 0.2) is 82.5 Å². The van der Waals surface area contributed by atoms with E-state index >= 15 is 0 Å². The van der Waals surface area contributed by atoms with Crippen LogP contribution < -0.4 is 19.2 Å². The van der Waals surface area contributed by atoms with Crippen molar-refractivity contribution in [1.82, 2.24) is 4.57 Å². The number of sulfonamides is 1. The molecule has 4 aromatic rings. The van der Waals surface area contributed by atoms with Gasteiger partial charge in [-0.05, 0) is 56.3 Å². The summed E-state index contributed by atoms with van der Waals surface area (Å²) in [6, 6.07) is 19.7. The smallest absolute Gasteiger partial charge is 0.308 e. The number of rotatable bonds is 8. The highest BCUT2D eigenvalue weighted by Crippen LogP contribution is 2.28. The summed E-state index contributed by atoms with van der Waals surface area (Å²) >= 11 is 1.10. The molecule has 10 heteroatoms. The summed E-state index contributed by atoms with van der Waals surface area (Å²) in [4.78, 5) is 25.4. The van der Waals surface area contributed by atoms with Crippen LogP contribution >= 0.6 is 11.3 Å². The standard InChI is InChI=1S/C25H25N3O5S2/c1-17(2)28-22-13-12-18(14-23(22)34-25(28)30)26-24(29)16-27(19-8-7-9-20(15-19)33-3)35(31,32)21-10-5-4-6-11-21/h4-15,17H,16H2,1-3H3,(H,26,29). The van der Waals surface area contributed by atoms with Gasteiger partial charge in [0.1, 0.15) is 12.3 Å². The minimum Gasteiger partial charge on any atom is -0.497 e. The van der Waals surface area contributed by atoms with E-state index in [1.807, 2.05) is 13.8 Å². The predicted molar refractivity (Wildman–Crippen MR) is 139 cm³/mol. The Hall–Kier alpha value is -3.63. The van der Waals surface area contributed by atoms with Crippen LogP contribution in [0.3, 0.4) is 0 Å². The van der Waals surface area contributed by atoms with E-state index in [4.69, 9.17) is 4.74 Å². The van der Waals surface area contributed by atoms with Crippen LogP contribution in [0.2, 0.25) is 0 Å². The van der Waals surface area contributed by atoms with Crippen molar-refractivity contribution in [2.75, 3.05) is 23.3 Å². The monoisotopic (exact) mass is 511 g/mol. The molecule has 0 aliphatic carbocycles. The molecule has 8 nitrogen and oxygen atoms in total. The van der Waals surface area contributed by atoms with Crippen LogP contribution in [0.1, 0.15) is 19.9 Å². The molecule has 1 heterocycles. The van der Waals surface area contributed by atoms with Crippen molar-refractivity contribution in [3.63, 3.8) is 0 Å². The third-order valence-electron chi connectivity index (χ3n) is 5.37. The lowest BCUT2D eigenvalue weighted by Crippen LogP contribution is -2.38. The van der Waals surface area contributed by atoms with Gasteiger partial charge >= 0.3 is 4.87 Å². The number of hydrogen-bond donors (Lipinski definition) is 1. The summed E-state index contributed by atoms with van der Waals surface area (Å²) in [7, 11) is -2.55. The first kappa shape index (κ1) is 24.5. The quantitative estimate of drug-likeness (QED) is 0.376. The summed E-state index contributed by atoms with van der Waals surface area (Å²) in [6.45, 7) is 3.42. The molecule has 0 atom stereocenters. The number of thiazole rings is 1. The number of hydrogen-bond acceptors (Lipinski definition) is 6. The fraction of sp³-hybridized carbons (Fsp3) is 0.200. The molecule has 35 heavy (non-hydrogen) atoms. The molecule has 0 aliphatic heterocycles. The Bertz CT molecular complexity index is 1530. The van der Waals surface area contributed by atoms with Crippen molar-refractivity contribution in [3.05, 3.63) is 82.5 Å². The Morgan fingerprint density at radius 1 is 1.06 bits per heavy atom. The maximum Gasteiger partial charge on any atom is 0.308 e. The lowest BCUT2D eigenvalue weighted by Gasteiger charge is -2.24. The zero-order valence-corrected chi connectivity index (χ0v) is 21.1. The van der Waals surface area contributed by atoms with Crippen LogP contribution in [0.4, 0.5) is 11.4 Å². The van der Waals surface area contributed by atoms with Crippen molar-refractivity contribution in [2.24, 2.45) is 0 Å². The number of nitrogens with one attached hydrogen (secondary N) is 1. The van der Waals surface area contributed by atoms with E-state index in [9.17, 15) is 18.0 Å². The minimum atomic E-state index is -4.04. The van der Waals surface area contributed by atoms with E-state index in [1.54, 1.807) is 65.2 Å². The van der Waals surface area contributed by atoms with Gasteiger partial charge in [-0.3, -0.25) is 18.5 Å². The molecular weight excluding hydrogens is 486 g/mol. The van der Waals surface area contributed by atoms with E-state index in [2.05, 4.69) is 5.32 Å². The number of fused-ring (bicyclic) bond motifs is 1. The van der Waals surface area contributed by atoms with E-state index in [1.165, 1.54) is 19.2 Å². The molecule has 1 N–H and O–H groups in total. The fourth-order valence-electron chi connectivity index (χ4n) is 3.73. The molecule has 0 radical (unpaired) electrons. The number of nitrogens with zero attached hydrogens (tertiary/aromatic N) is 2. The Morgan fingerprint density at radius 3 is 2.49 bits per heavy atom. The van der Waals surface area contributed by atoms with Gasteiger partial charge in [-0.25, -0.2) is 8.42 Å². The molecular formula is C25H25N3O5S2. The Morgan fingerprint density at radius 2 is 1.80 bits per heavy atom. The maximum absolute atomic E-state index is 13.5.